The summed E-state index contributed by atoms with van der Waals surface area (Å²) in [5.41, 5.74) is 7.89. The Hall–Kier alpha value is -3.59. The lowest BCUT2D eigenvalue weighted by Gasteiger charge is -2.35. The number of nitrogen functional groups attached to an aromatic ring is 1. The lowest BCUT2D eigenvalue weighted by atomic mass is 10.2. The number of aromatic nitrogens is 4. The Bertz CT molecular complexity index is 1310. The van der Waals surface area contributed by atoms with E-state index in [1.165, 1.54) is 16.8 Å². The molecule has 2 aromatic heterocycles. The molecule has 34 heavy (non-hydrogen) atoms. The van der Waals surface area contributed by atoms with Gasteiger partial charge in [-0.3, -0.25) is 9.58 Å². The third-order valence-electron chi connectivity index (χ3n) is 6.22. The molecule has 5 rings (SSSR count). The molecule has 0 atom stereocenters. The number of benzene rings is 2. The first-order valence-corrected chi connectivity index (χ1v) is 11.5. The molecule has 2 aromatic carbocycles. The molecule has 0 unspecified atom stereocenters. The van der Waals surface area contributed by atoms with Crippen LogP contribution in [0.1, 0.15) is 18.9 Å². The van der Waals surface area contributed by atoms with Crippen LogP contribution in [0.15, 0.2) is 48.7 Å². The van der Waals surface area contributed by atoms with Crippen LogP contribution < -0.4 is 10.6 Å². The van der Waals surface area contributed by atoms with E-state index in [1.807, 2.05) is 0 Å². The van der Waals surface area contributed by atoms with Crippen molar-refractivity contribution in [1.29, 1.82) is 0 Å². The van der Waals surface area contributed by atoms with Gasteiger partial charge in [0.1, 0.15) is 22.8 Å². The van der Waals surface area contributed by atoms with Crippen LogP contribution in [-0.2, 0) is 6.54 Å². The standard InChI is InChI=1S/C25H27F2N7/c1-2-10-32-11-13-33(14-12-32)25-21(28)15-29-24(30-25)22-18-7-5-9-20(27)23(18)34(31-22)16-17-6-3-4-8-19(17)26/h3-9,15H,2,10-14,16,28H2,1H3. The first-order chi connectivity index (χ1) is 16.5. The summed E-state index contributed by atoms with van der Waals surface area (Å²) in [6, 6.07) is 11.2. The highest BCUT2D eigenvalue weighted by atomic mass is 19.1. The van der Waals surface area contributed by atoms with Crippen molar-refractivity contribution in [2.45, 2.75) is 19.9 Å². The van der Waals surface area contributed by atoms with Gasteiger partial charge in [-0.1, -0.05) is 37.3 Å². The fourth-order valence-corrected chi connectivity index (χ4v) is 4.51. The quantitative estimate of drug-likeness (QED) is 0.467. The first kappa shape index (κ1) is 22.2. The second-order valence-electron chi connectivity index (χ2n) is 8.53. The van der Waals surface area contributed by atoms with Crippen LogP contribution in [0.3, 0.4) is 0 Å². The molecule has 3 heterocycles. The number of piperazine rings is 1. The summed E-state index contributed by atoms with van der Waals surface area (Å²) in [5.74, 6) is 0.227. The van der Waals surface area contributed by atoms with Crippen LogP contribution in [-0.4, -0.2) is 57.4 Å². The van der Waals surface area contributed by atoms with Crippen molar-refractivity contribution in [3.63, 3.8) is 0 Å². The van der Waals surface area contributed by atoms with E-state index in [9.17, 15) is 8.78 Å². The number of hydrogen-bond acceptors (Lipinski definition) is 6. The number of anilines is 2. The van der Waals surface area contributed by atoms with E-state index in [4.69, 9.17) is 10.7 Å². The number of rotatable bonds is 6. The minimum atomic E-state index is -0.435. The van der Waals surface area contributed by atoms with Crippen LogP contribution in [0.2, 0.25) is 0 Å². The minimum Gasteiger partial charge on any atom is -0.394 e. The molecule has 0 spiro atoms. The predicted molar refractivity (Wildman–Crippen MR) is 130 cm³/mol. The maximum Gasteiger partial charge on any atom is 0.182 e. The fraction of sp³-hybridized carbons (Fsp3) is 0.320. The smallest absolute Gasteiger partial charge is 0.182 e. The molecule has 1 saturated heterocycles. The van der Waals surface area contributed by atoms with Crippen molar-refractivity contribution >= 4 is 22.4 Å². The average molecular weight is 464 g/mol. The lowest BCUT2D eigenvalue weighted by Crippen LogP contribution is -2.47. The molecule has 0 saturated carbocycles. The third kappa shape index (κ3) is 4.19. The highest BCUT2D eigenvalue weighted by Crippen LogP contribution is 2.31. The summed E-state index contributed by atoms with van der Waals surface area (Å²) in [6.07, 6.45) is 2.70. The highest BCUT2D eigenvalue weighted by Gasteiger charge is 2.23. The van der Waals surface area contributed by atoms with E-state index in [1.54, 1.807) is 36.5 Å². The molecular formula is C25H27F2N7. The summed E-state index contributed by atoms with van der Waals surface area (Å²) in [4.78, 5) is 13.8. The molecule has 1 fully saturated rings. The highest BCUT2D eigenvalue weighted by molar-refractivity contribution is 5.92. The zero-order valence-corrected chi connectivity index (χ0v) is 19.1. The van der Waals surface area contributed by atoms with Crippen molar-refractivity contribution in [1.82, 2.24) is 24.6 Å². The van der Waals surface area contributed by atoms with Crippen molar-refractivity contribution in [2.24, 2.45) is 0 Å². The number of halogens is 2. The molecule has 7 nitrogen and oxygen atoms in total. The van der Waals surface area contributed by atoms with Gasteiger partial charge in [0.05, 0.1) is 18.4 Å². The number of nitrogens with zero attached hydrogens (tertiary/aromatic N) is 6. The predicted octanol–water partition coefficient (Wildman–Crippen LogP) is 3.93. The lowest BCUT2D eigenvalue weighted by molar-refractivity contribution is 0.258. The third-order valence-corrected chi connectivity index (χ3v) is 6.22. The van der Waals surface area contributed by atoms with Crippen LogP contribution in [0.5, 0.6) is 0 Å². The van der Waals surface area contributed by atoms with Gasteiger partial charge in [-0.25, -0.2) is 18.7 Å². The average Bonchev–Trinajstić information content (AvgIpc) is 3.21. The van der Waals surface area contributed by atoms with E-state index < -0.39 is 5.82 Å². The van der Waals surface area contributed by atoms with E-state index in [2.05, 4.69) is 26.8 Å². The number of hydrogen-bond donors (Lipinski definition) is 1. The summed E-state index contributed by atoms with van der Waals surface area (Å²) in [5, 5.41) is 5.20. The van der Waals surface area contributed by atoms with E-state index in [0.29, 0.717) is 34.0 Å². The monoisotopic (exact) mass is 463 g/mol. The van der Waals surface area contributed by atoms with Gasteiger partial charge in [0.2, 0.25) is 0 Å². The first-order valence-electron chi connectivity index (χ1n) is 11.5. The van der Waals surface area contributed by atoms with Gasteiger partial charge in [-0.2, -0.15) is 5.10 Å². The van der Waals surface area contributed by atoms with E-state index in [-0.39, 0.29) is 17.9 Å². The van der Waals surface area contributed by atoms with Gasteiger partial charge in [-0.05, 0) is 25.1 Å². The van der Waals surface area contributed by atoms with E-state index >= 15 is 0 Å². The summed E-state index contributed by atoms with van der Waals surface area (Å²) in [6.45, 7) is 6.87. The Morgan fingerprint density at radius 1 is 0.971 bits per heavy atom. The van der Waals surface area contributed by atoms with Gasteiger partial charge in [0.25, 0.3) is 0 Å². The molecule has 2 N–H and O–H groups in total. The van der Waals surface area contributed by atoms with Crippen molar-refractivity contribution in [3.8, 4) is 11.5 Å². The maximum absolute atomic E-state index is 14.9. The normalized spacial score (nSPS) is 14.7. The van der Waals surface area contributed by atoms with E-state index in [0.717, 1.165) is 39.1 Å². The summed E-state index contributed by atoms with van der Waals surface area (Å²) in [7, 11) is 0. The molecule has 176 valence electrons. The Balaban J connectivity index is 1.53. The molecule has 0 aliphatic carbocycles. The molecule has 0 amide bonds. The maximum atomic E-state index is 14.9. The Morgan fingerprint density at radius 3 is 2.50 bits per heavy atom. The molecule has 4 aromatic rings. The van der Waals surface area contributed by atoms with Crippen molar-refractivity contribution in [3.05, 3.63) is 65.9 Å². The largest absolute Gasteiger partial charge is 0.394 e. The van der Waals surface area contributed by atoms with Crippen LogP contribution in [0, 0.1) is 11.6 Å². The zero-order chi connectivity index (χ0) is 23.7. The minimum absolute atomic E-state index is 0.0886. The van der Waals surface area contributed by atoms with Crippen LogP contribution in [0.25, 0.3) is 22.4 Å². The fourth-order valence-electron chi connectivity index (χ4n) is 4.51. The second-order valence-corrected chi connectivity index (χ2v) is 8.53. The van der Waals surface area contributed by atoms with Crippen LogP contribution >= 0.6 is 0 Å². The summed E-state index contributed by atoms with van der Waals surface area (Å²) < 4.78 is 30.7. The van der Waals surface area contributed by atoms with Crippen LogP contribution in [0.4, 0.5) is 20.3 Å². The molecule has 9 heteroatoms. The second kappa shape index (κ2) is 9.34. The number of para-hydroxylation sites is 1. The van der Waals surface area contributed by atoms with Gasteiger partial charge in [0.15, 0.2) is 11.6 Å². The molecule has 1 aliphatic heterocycles. The topological polar surface area (TPSA) is 76.1 Å². The van der Waals surface area contributed by atoms with Gasteiger partial charge in [-0.15, -0.1) is 0 Å². The molecule has 1 aliphatic rings. The summed E-state index contributed by atoms with van der Waals surface area (Å²) >= 11 is 0. The Morgan fingerprint density at radius 2 is 1.74 bits per heavy atom. The Labute approximate surface area is 196 Å². The Kier molecular flexibility index (Phi) is 6.10. The molecular weight excluding hydrogens is 436 g/mol. The molecule has 0 radical (unpaired) electrons. The number of nitrogens with two attached hydrogens (primary N) is 1. The zero-order valence-electron chi connectivity index (χ0n) is 19.1. The van der Waals surface area contributed by atoms with Gasteiger partial charge in [0, 0.05) is 37.1 Å². The SMILES string of the molecule is CCCN1CCN(c2nc(-c3nn(Cc4ccccc4F)c4c(F)cccc34)ncc2N)CC1. The van der Waals surface area contributed by atoms with Gasteiger partial charge >= 0.3 is 0 Å². The number of fused-ring (bicyclic) bond motifs is 1. The van der Waals surface area contributed by atoms with Crippen molar-refractivity contribution in [2.75, 3.05) is 43.4 Å². The molecule has 0 bridgehead atoms. The van der Waals surface area contributed by atoms with Gasteiger partial charge < -0.3 is 10.6 Å². The van der Waals surface area contributed by atoms with Crippen molar-refractivity contribution < 1.29 is 8.78 Å².